The molecule has 6 aromatic rings. The predicted octanol–water partition coefficient (Wildman–Crippen LogP) is 8.21. The second-order valence-electron chi connectivity index (χ2n) is 7.08. The first-order valence-corrected chi connectivity index (χ1v) is 9.70. The molecule has 0 saturated heterocycles. The molecule has 1 nitrogen and oxygen atoms in total. The minimum Gasteiger partial charge on any atom is -0.456 e. The number of para-hydroxylation sites is 1. The Morgan fingerprint density at radius 1 is 0.500 bits per heavy atom. The maximum atomic E-state index is 6.48. The van der Waals surface area contributed by atoms with E-state index in [1.54, 1.807) is 0 Å². The summed E-state index contributed by atoms with van der Waals surface area (Å²) in [6.07, 6.45) is 0. The Labute approximate surface area is 166 Å². The van der Waals surface area contributed by atoms with Gasteiger partial charge in [0, 0.05) is 26.6 Å². The van der Waals surface area contributed by atoms with Gasteiger partial charge in [0.1, 0.15) is 11.2 Å². The summed E-state index contributed by atoms with van der Waals surface area (Å²) in [7, 11) is 0. The Morgan fingerprint density at radius 3 is 2.18 bits per heavy atom. The molecule has 6 rings (SSSR count). The fourth-order valence-corrected chi connectivity index (χ4v) is 4.54. The third-order valence-electron chi connectivity index (χ3n) is 5.54. The van der Waals surface area contributed by atoms with Crippen LogP contribution in [0.1, 0.15) is 0 Å². The lowest BCUT2D eigenvalue weighted by Gasteiger charge is -2.12. The van der Waals surface area contributed by atoms with Crippen molar-refractivity contribution in [2.45, 2.75) is 0 Å². The summed E-state index contributed by atoms with van der Waals surface area (Å²) in [4.78, 5) is 0. The monoisotopic (exact) mass is 378 g/mol. The van der Waals surface area contributed by atoms with E-state index >= 15 is 0 Å². The number of rotatable bonds is 1. The van der Waals surface area contributed by atoms with Crippen LogP contribution in [-0.2, 0) is 0 Å². The fourth-order valence-electron chi connectivity index (χ4n) is 4.31. The molecule has 0 atom stereocenters. The molecule has 0 spiro atoms. The molecule has 132 valence electrons. The van der Waals surface area contributed by atoms with Gasteiger partial charge in [-0.15, -0.1) is 0 Å². The standard InChI is InChI=1S/C26H15ClO/c27-22-14-13-18(17-7-1-2-8-19(17)22)20-10-5-6-16-12-15-24-26(25(16)20)21-9-3-4-11-23(21)28-24/h1-15H. The summed E-state index contributed by atoms with van der Waals surface area (Å²) in [5.74, 6) is 0. The van der Waals surface area contributed by atoms with Crippen molar-refractivity contribution < 1.29 is 4.42 Å². The quantitative estimate of drug-likeness (QED) is 0.281. The highest BCUT2D eigenvalue weighted by atomic mass is 35.5. The van der Waals surface area contributed by atoms with Crippen LogP contribution in [0.3, 0.4) is 0 Å². The van der Waals surface area contributed by atoms with Gasteiger partial charge >= 0.3 is 0 Å². The zero-order valence-electron chi connectivity index (χ0n) is 14.9. The highest BCUT2D eigenvalue weighted by molar-refractivity contribution is 6.36. The van der Waals surface area contributed by atoms with Crippen LogP contribution < -0.4 is 0 Å². The molecule has 0 unspecified atom stereocenters. The molecule has 0 aliphatic carbocycles. The molecule has 0 radical (unpaired) electrons. The van der Waals surface area contributed by atoms with E-state index in [0.29, 0.717) is 0 Å². The van der Waals surface area contributed by atoms with Crippen LogP contribution in [0, 0.1) is 0 Å². The van der Waals surface area contributed by atoms with Gasteiger partial charge in [-0.3, -0.25) is 0 Å². The lowest BCUT2D eigenvalue weighted by atomic mass is 9.92. The molecule has 0 fully saturated rings. The SMILES string of the molecule is Clc1ccc(-c2cccc3ccc4oc5ccccc5c4c23)c2ccccc12. The van der Waals surface area contributed by atoms with Crippen LogP contribution in [0.5, 0.6) is 0 Å². The summed E-state index contributed by atoms with van der Waals surface area (Å²) in [6, 6.07) is 31.4. The number of halogens is 1. The molecule has 28 heavy (non-hydrogen) atoms. The number of hydrogen-bond acceptors (Lipinski definition) is 1. The van der Waals surface area contributed by atoms with Gasteiger partial charge < -0.3 is 4.42 Å². The lowest BCUT2D eigenvalue weighted by Crippen LogP contribution is -1.86. The van der Waals surface area contributed by atoms with Crippen LogP contribution in [0.25, 0.3) is 54.6 Å². The van der Waals surface area contributed by atoms with Crippen molar-refractivity contribution in [3.8, 4) is 11.1 Å². The Hall–Kier alpha value is -3.29. The van der Waals surface area contributed by atoms with E-state index in [1.807, 2.05) is 24.3 Å². The normalized spacial score (nSPS) is 11.8. The number of hydrogen-bond donors (Lipinski definition) is 0. The zero-order valence-corrected chi connectivity index (χ0v) is 15.7. The highest BCUT2D eigenvalue weighted by Crippen LogP contribution is 2.42. The van der Waals surface area contributed by atoms with Gasteiger partial charge in [0.15, 0.2) is 0 Å². The Morgan fingerprint density at radius 2 is 1.29 bits per heavy atom. The fraction of sp³-hybridized carbons (Fsp3) is 0. The Balaban J connectivity index is 1.84. The lowest BCUT2D eigenvalue weighted by molar-refractivity contribution is 0.669. The van der Waals surface area contributed by atoms with Crippen LogP contribution in [0.2, 0.25) is 5.02 Å². The van der Waals surface area contributed by atoms with E-state index in [-0.39, 0.29) is 0 Å². The first-order chi connectivity index (χ1) is 13.8. The second kappa shape index (κ2) is 5.85. The molecule has 5 aromatic carbocycles. The molecule has 1 heterocycles. The van der Waals surface area contributed by atoms with Crippen molar-refractivity contribution in [3.05, 3.63) is 96.0 Å². The number of fused-ring (bicyclic) bond motifs is 6. The summed E-state index contributed by atoms with van der Waals surface area (Å²) < 4.78 is 6.14. The Kier molecular flexibility index (Phi) is 3.29. The first-order valence-electron chi connectivity index (χ1n) is 9.32. The number of benzene rings is 5. The average molecular weight is 379 g/mol. The van der Waals surface area contributed by atoms with Crippen LogP contribution in [-0.4, -0.2) is 0 Å². The third kappa shape index (κ3) is 2.14. The zero-order chi connectivity index (χ0) is 18.7. The van der Waals surface area contributed by atoms with E-state index in [1.165, 1.54) is 27.3 Å². The summed E-state index contributed by atoms with van der Waals surface area (Å²) >= 11 is 6.48. The van der Waals surface area contributed by atoms with E-state index < -0.39 is 0 Å². The second-order valence-corrected chi connectivity index (χ2v) is 7.49. The molecule has 0 saturated carbocycles. The summed E-state index contributed by atoms with van der Waals surface area (Å²) in [6.45, 7) is 0. The van der Waals surface area contributed by atoms with Gasteiger partial charge in [-0.25, -0.2) is 0 Å². The highest BCUT2D eigenvalue weighted by Gasteiger charge is 2.15. The summed E-state index contributed by atoms with van der Waals surface area (Å²) in [5, 5.41) is 7.75. The third-order valence-corrected chi connectivity index (χ3v) is 5.87. The van der Waals surface area contributed by atoms with Crippen LogP contribution >= 0.6 is 11.6 Å². The minimum atomic E-state index is 0.776. The summed E-state index contributed by atoms with van der Waals surface area (Å²) in [5.41, 5.74) is 4.21. The van der Waals surface area contributed by atoms with Crippen molar-refractivity contribution in [2.75, 3.05) is 0 Å². The maximum Gasteiger partial charge on any atom is 0.136 e. The van der Waals surface area contributed by atoms with Gasteiger partial charge in [-0.2, -0.15) is 0 Å². The van der Waals surface area contributed by atoms with E-state index in [2.05, 4.69) is 66.7 Å². The smallest absolute Gasteiger partial charge is 0.136 e. The van der Waals surface area contributed by atoms with Crippen molar-refractivity contribution in [3.63, 3.8) is 0 Å². The van der Waals surface area contributed by atoms with Gasteiger partial charge in [-0.05, 0) is 40.1 Å². The van der Waals surface area contributed by atoms with E-state index in [0.717, 1.165) is 32.3 Å². The average Bonchev–Trinajstić information content (AvgIpc) is 3.13. The molecule has 2 heteroatoms. The minimum absolute atomic E-state index is 0.776. The molecule has 0 N–H and O–H groups in total. The Bertz CT molecular complexity index is 1520. The molecule has 0 aliphatic rings. The molecular weight excluding hydrogens is 364 g/mol. The van der Waals surface area contributed by atoms with E-state index in [9.17, 15) is 0 Å². The maximum absolute atomic E-state index is 6.48. The van der Waals surface area contributed by atoms with Crippen molar-refractivity contribution in [2.24, 2.45) is 0 Å². The molecular formula is C26H15ClO. The topological polar surface area (TPSA) is 13.1 Å². The van der Waals surface area contributed by atoms with Gasteiger partial charge in [0.25, 0.3) is 0 Å². The van der Waals surface area contributed by atoms with Crippen molar-refractivity contribution in [1.82, 2.24) is 0 Å². The van der Waals surface area contributed by atoms with E-state index in [4.69, 9.17) is 16.0 Å². The first kappa shape index (κ1) is 15.7. The van der Waals surface area contributed by atoms with Crippen LogP contribution in [0.15, 0.2) is 95.4 Å². The van der Waals surface area contributed by atoms with Crippen molar-refractivity contribution >= 4 is 55.1 Å². The van der Waals surface area contributed by atoms with Crippen LogP contribution in [0.4, 0.5) is 0 Å². The molecule has 0 amide bonds. The van der Waals surface area contributed by atoms with Gasteiger partial charge in [-0.1, -0.05) is 84.4 Å². The molecule has 1 aromatic heterocycles. The predicted molar refractivity (Wildman–Crippen MR) is 119 cm³/mol. The van der Waals surface area contributed by atoms with Gasteiger partial charge in [0.2, 0.25) is 0 Å². The van der Waals surface area contributed by atoms with Crippen molar-refractivity contribution in [1.29, 1.82) is 0 Å². The largest absolute Gasteiger partial charge is 0.456 e. The van der Waals surface area contributed by atoms with Gasteiger partial charge in [0.05, 0.1) is 0 Å². The number of furan rings is 1. The molecule has 0 bridgehead atoms. The molecule has 0 aliphatic heterocycles.